The Kier molecular flexibility index (Phi) is 3.86. The van der Waals surface area contributed by atoms with Gasteiger partial charge in [0.25, 0.3) is 0 Å². The highest BCUT2D eigenvalue weighted by Gasteiger charge is 2.30. The number of imidazole rings is 1. The van der Waals surface area contributed by atoms with Crippen molar-refractivity contribution in [1.82, 2.24) is 24.8 Å². The topological polar surface area (TPSA) is 109 Å². The summed E-state index contributed by atoms with van der Waals surface area (Å²) in [5, 5.41) is 18.3. The molecule has 2 aromatic heterocycles. The number of amides is 2. The molecule has 2 aliphatic heterocycles. The number of hydrogen-bond acceptors (Lipinski definition) is 6. The van der Waals surface area contributed by atoms with Crippen LogP contribution in [0.4, 0.5) is 16.4 Å². The minimum Gasteiger partial charge on any atom is -0.358 e. The second-order valence-corrected chi connectivity index (χ2v) is 6.33. The van der Waals surface area contributed by atoms with E-state index in [-0.39, 0.29) is 17.9 Å². The maximum atomic E-state index is 12.0. The second kappa shape index (κ2) is 6.19. The number of urea groups is 1. The van der Waals surface area contributed by atoms with E-state index in [1.807, 2.05) is 11.0 Å². The largest absolute Gasteiger partial charge is 0.368 e. The van der Waals surface area contributed by atoms with Gasteiger partial charge in [-0.25, -0.2) is 9.78 Å². The Morgan fingerprint density at radius 3 is 2.76 bits per heavy atom. The third kappa shape index (κ3) is 2.83. The summed E-state index contributed by atoms with van der Waals surface area (Å²) in [5.74, 6) is 0.548. The summed E-state index contributed by atoms with van der Waals surface area (Å²) in [7, 11) is 0. The van der Waals surface area contributed by atoms with Crippen LogP contribution in [0.15, 0.2) is 18.3 Å². The second-order valence-electron chi connectivity index (χ2n) is 6.33. The molecule has 10 nitrogen and oxygen atoms in total. The van der Waals surface area contributed by atoms with E-state index in [4.69, 9.17) is 0 Å². The first-order valence-corrected chi connectivity index (χ1v) is 8.42. The van der Waals surface area contributed by atoms with Gasteiger partial charge in [0, 0.05) is 38.3 Å². The Labute approximate surface area is 143 Å². The number of anilines is 1. The molecule has 0 spiro atoms. The van der Waals surface area contributed by atoms with Crippen LogP contribution in [0.2, 0.25) is 0 Å². The van der Waals surface area contributed by atoms with Gasteiger partial charge in [0.2, 0.25) is 5.65 Å². The van der Waals surface area contributed by atoms with Gasteiger partial charge >= 0.3 is 11.8 Å². The highest BCUT2D eigenvalue weighted by atomic mass is 16.6. The number of nitro groups is 1. The molecule has 2 fully saturated rings. The molecule has 0 radical (unpaired) electrons. The maximum absolute atomic E-state index is 12.0. The first-order chi connectivity index (χ1) is 12.1. The zero-order chi connectivity index (χ0) is 17.4. The molecule has 4 rings (SSSR count). The number of fused-ring (bicyclic) bond motifs is 1. The number of nitrogens with zero attached hydrogens (tertiary/aromatic N) is 6. The number of carbonyl (C=O) groups is 1. The van der Waals surface area contributed by atoms with Crippen molar-refractivity contribution in [3.63, 3.8) is 0 Å². The lowest BCUT2D eigenvalue weighted by Crippen LogP contribution is -2.54. The standard InChI is InChI=1S/C15H19N7O3/c23-15-16-6-1-7-20(15)11-4-8-19(9-5-11)13-3-2-12-17-10-14(22(24)25)21(12)18-13/h2-3,10-11H,1,4-9H2,(H,16,23). The van der Waals surface area contributed by atoms with E-state index in [1.54, 1.807) is 6.07 Å². The summed E-state index contributed by atoms with van der Waals surface area (Å²) in [5.41, 5.74) is 0.454. The Hall–Kier alpha value is -2.91. The average molecular weight is 345 g/mol. The van der Waals surface area contributed by atoms with Crippen LogP contribution in [-0.2, 0) is 0 Å². The van der Waals surface area contributed by atoms with Gasteiger partial charge in [-0.15, -0.1) is 0 Å². The monoisotopic (exact) mass is 345 g/mol. The fourth-order valence-electron chi connectivity index (χ4n) is 3.55. The predicted molar refractivity (Wildman–Crippen MR) is 89.6 cm³/mol. The molecule has 0 atom stereocenters. The molecule has 2 saturated heterocycles. The van der Waals surface area contributed by atoms with Gasteiger partial charge in [-0.2, -0.15) is 0 Å². The van der Waals surface area contributed by atoms with Crippen molar-refractivity contribution in [2.24, 2.45) is 0 Å². The van der Waals surface area contributed by atoms with Crippen molar-refractivity contribution in [1.29, 1.82) is 0 Å². The third-order valence-corrected chi connectivity index (χ3v) is 4.86. The summed E-state index contributed by atoms with van der Waals surface area (Å²) in [4.78, 5) is 30.6. The zero-order valence-electron chi connectivity index (χ0n) is 13.7. The van der Waals surface area contributed by atoms with Gasteiger partial charge in [-0.05, 0) is 30.3 Å². The minimum absolute atomic E-state index is 0.0262. The van der Waals surface area contributed by atoms with Gasteiger partial charge in [0.1, 0.15) is 6.20 Å². The molecule has 2 aliphatic rings. The highest BCUT2D eigenvalue weighted by Crippen LogP contribution is 2.23. The third-order valence-electron chi connectivity index (χ3n) is 4.86. The highest BCUT2D eigenvalue weighted by molar-refractivity contribution is 5.75. The molecule has 0 bridgehead atoms. The molecule has 0 saturated carbocycles. The van der Waals surface area contributed by atoms with E-state index in [1.165, 1.54) is 10.7 Å². The molecule has 2 amide bonds. The Morgan fingerprint density at radius 1 is 1.24 bits per heavy atom. The molecule has 0 aromatic carbocycles. The molecule has 2 aromatic rings. The number of nitrogens with one attached hydrogen (secondary N) is 1. The van der Waals surface area contributed by atoms with Crippen molar-refractivity contribution >= 4 is 23.3 Å². The van der Waals surface area contributed by atoms with Gasteiger partial charge < -0.3 is 25.2 Å². The Morgan fingerprint density at radius 2 is 2.04 bits per heavy atom. The van der Waals surface area contributed by atoms with Crippen LogP contribution in [0.25, 0.3) is 5.65 Å². The van der Waals surface area contributed by atoms with Gasteiger partial charge in [0.15, 0.2) is 5.82 Å². The molecule has 1 N–H and O–H groups in total. The summed E-state index contributed by atoms with van der Waals surface area (Å²) >= 11 is 0. The van der Waals surface area contributed by atoms with Crippen LogP contribution in [0.1, 0.15) is 19.3 Å². The van der Waals surface area contributed by atoms with Crippen LogP contribution in [-0.4, -0.2) is 62.7 Å². The molecule has 4 heterocycles. The number of hydrogen-bond donors (Lipinski definition) is 1. The number of piperidine rings is 1. The van der Waals surface area contributed by atoms with E-state index in [2.05, 4.69) is 20.3 Å². The van der Waals surface area contributed by atoms with E-state index in [0.717, 1.165) is 45.4 Å². The fourth-order valence-corrected chi connectivity index (χ4v) is 3.55. The van der Waals surface area contributed by atoms with Crippen molar-refractivity contribution in [3.05, 3.63) is 28.4 Å². The number of rotatable bonds is 3. The van der Waals surface area contributed by atoms with Crippen molar-refractivity contribution in [2.75, 3.05) is 31.1 Å². The summed E-state index contributed by atoms with van der Waals surface area (Å²) in [6.45, 7) is 3.08. The SMILES string of the molecule is O=C1NCCCN1C1CCN(c2ccc3ncc([N+](=O)[O-])n3n2)CC1. The average Bonchev–Trinajstić information content (AvgIpc) is 3.06. The molecule has 10 heteroatoms. The molecule has 0 unspecified atom stereocenters. The summed E-state index contributed by atoms with van der Waals surface area (Å²) < 4.78 is 1.26. The van der Waals surface area contributed by atoms with Crippen LogP contribution >= 0.6 is 0 Å². The smallest absolute Gasteiger partial charge is 0.358 e. The fraction of sp³-hybridized carbons (Fsp3) is 0.533. The molecule has 25 heavy (non-hydrogen) atoms. The molecule has 132 valence electrons. The molecule has 0 aliphatic carbocycles. The van der Waals surface area contributed by atoms with Crippen LogP contribution in [0.5, 0.6) is 0 Å². The summed E-state index contributed by atoms with van der Waals surface area (Å²) in [6, 6.07) is 3.83. The van der Waals surface area contributed by atoms with Crippen molar-refractivity contribution < 1.29 is 9.72 Å². The Balaban J connectivity index is 1.48. The van der Waals surface area contributed by atoms with Crippen LogP contribution in [0.3, 0.4) is 0 Å². The Bertz CT molecular complexity index is 813. The van der Waals surface area contributed by atoms with Crippen molar-refractivity contribution in [3.8, 4) is 0 Å². The van der Waals surface area contributed by atoms with E-state index in [0.29, 0.717) is 11.5 Å². The van der Waals surface area contributed by atoms with E-state index < -0.39 is 4.92 Å². The van der Waals surface area contributed by atoms with Gasteiger partial charge in [-0.1, -0.05) is 9.61 Å². The van der Waals surface area contributed by atoms with Crippen LogP contribution in [0, 0.1) is 10.1 Å². The van der Waals surface area contributed by atoms with Crippen LogP contribution < -0.4 is 10.2 Å². The first-order valence-electron chi connectivity index (χ1n) is 8.42. The van der Waals surface area contributed by atoms with Crippen molar-refractivity contribution in [2.45, 2.75) is 25.3 Å². The minimum atomic E-state index is -0.488. The molecular weight excluding hydrogens is 326 g/mol. The number of aromatic nitrogens is 3. The lowest BCUT2D eigenvalue weighted by molar-refractivity contribution is -0.391. The van der Waals surface area contributed by atoms with E-state index in [9.17, 15) is 14.9 Å². The lowest BCUT2D eigenvalue weighted by atomic mass is 10.0. The van der Waals surface area contributed by atoms with E-state index >= 15 is 0 Å². The zero-order valence-corrected chi connectivity index (χ0v) is 13.7. The quantitative estimate of drug-likeness (QED) is 0.657. The predicted octanol–water partition coefficient (Wildman–Crippen LogP) is 1.02. The van der Waals surface area contributed by atoms with Gasteiger partial charge in [0.05, 0.1) is 0 Å². The van der Waals surface area contributed by atoms with Gasteiger partial charge in [-0.3, -0.25) is 0 Å². The summed E-state index contributed by atoms with van der Waals surface area (Å²) in [6.07, 6.45) is 3.92. The normalized spacial score (nSPS) is 19.3. The maximum Gasteiger partial charge on any atom is 0.368 e. The number of carbonyl (C=O) groups excluding carboxylic acids is 1. The lowest BCUT2D eigenvalue weighted by Gasteiger charge is -2.40. The molecular formula is C15H19N7O3. The first kappa shape index (κ1) is 15.6.